The molecule has 3 amide bonds. The Morgan fingerprint density at radius 3 is 2.48 bits per heavy atom. The van der Waals surface area contributed by atoms with Crippen LogP contribution in [0.25, 0.3) is 10.8 Å². The molecular weight excluding hydrogens is 530 g/mol. The number of ether oxygens (including phenoxy) is 1. The summed E-state index contributed by atoms with van der Waals surface area (Å²) in [5.41, 5.74) is -0.458. The predicted molar refractivity (Wildman–Crippen MR) is 164 cm³/mol. The van der Waals surface area contributed by atoms with Gasteiger partial charge in [0, 0.05) is 25.3 Å². The minimum atomic E-state index is -1.15. The molecule has 2 bridgehead atoms. The van der Waals surface area contributed by atoms with E-state index < -0.39 is 35.6 Å². The number of likely N-dealkylation sites (tertiary alicyclic amines) is 1. The summed E-state index contributed by atoms with van der Waals surface area (Å²) in [6, 6.07) is 12.2. The molecule has 5 rings (SSSR count). The normalized spacial score (nSPS) is 26.9. The molecule has 224 valence electrons. The molecular formula is C34H43N3O5. The maximum atomic E-state index is 14.8. The molecule has 1 N–H and O–H groups in total. The van der Waals surface area contributed by atoms with E-state index >= 15 is 0 Å². The van der Waals surface area contributed by atoms with E-state index in [-0.39, 0.29) is 36.8 Å². The minimum Gasteiger partial charge on any atom is -0.394 e. The number of hydrogen-bond donors (Lipinski definition) is 1. The first kappa shape index (κ1) is 30.0. The van der Waals surface area contributed by atoms with Gasteiger partial charge in [-0.2, -0.15) is 0 Å². The van der Waals surface area contributed by atoms with Gasteiger partial charge < -0.3 is 24.5 Å². The molecule has 3 aliphatic rings. The van der Waals surface area contributed by atoms with Crippen molar-refractivity contribution >= 4 is 34.2 Å². The number of aliphatic hydroxyl groups is 1. The zero-order valence-corrected chi connectivity index (χ0v) is 24.9. The molecule has 0 aromatic heterocycles. The van der Waals surface area contributed by atoms with E-state index in [1.807, 2.05) is 63.2 Å². The van der Waals surface area contributed by atoms with Gasteiger partial charge in [0.1, 0.15) is 11.6 Å². The number of fused-ring (bicyclic) bond motifs is 2. The lowest BCUT2D eigenvalue weighted by molar-refractivity contribution is -0.148. The fraction of sp³-hybridized carbons (Fsp3) is 0.500. The first-order chi connectivity index (χ1) is 20.2. The third-order valence-electron chi connectivity index (χ3n) is 9.35. The smallest absolute Gasteiger partial charge is 0.253 e. The van der Waals surface area contributed by atoms with Gasteiger partial charge in [0.2, 0.25) is 11.8 Å². The number of rotatable bonds is 12. The van der Waals surface area contributed by atoms with E-state index in [2.05, 4.69) is 13.2 Å². The topological polar surface area (TPSA) is 90.4 Å². The van der Waals surface area contributed by atoms with E-state index in [0.29, 0.717) is 31.6 Å². The molecule has 6 atom stereocenters. The minimum absolute atomic E-state index is 0.123. The Morgan fingerprint density at radius 1 is 1.12 bits per heavy atom. The summed E-state index contributed by atoms with van der Waals surface area (Å²) in [5.74, 6) is -2.30. The van der Waals surface area contributed by atoms with Gasteiger partial charge in [-0.05, 0) is 48.1 Å². The van der Waals surface area contributed by atoms with Crippen LogP contribution >= 0.6 is 0 Å². The Bertz CT molecular complexity index is 1370. The highest BCUT2D eigenvalue weighted by Crippen LogP contribution is 2.59. The van der Waals surface area contributed by atoms with Crippen LogP contribution < -0.4 is 4.90 Å². The van der Waals surface area contributed by atoms with Crippen molar-refractivity contribution in [1.29, 1.82) is 0 Å². The predicted octanol–water partition coefficient (Wildman–Crippen LogP) is 4.17. The van der Waals surface area contributed by atoms with Gasteiger partial charge in [0.05, 0.1) is 30.6 Å². The Hall–Kier alpha value is -3.49. The average Bonchev–Trinajstić information content (AvgIpc) is 3.63. The number of amides is 3. The number of nitrogens with zero attached hydrogens (tertiary/aromatic N) is 3. The van der Waals surface area contributed by atoms with E-state index in [1.54, 1.807) is 26.9 Å². The zero-order chi connectivity index (χ0) is 30.2. The van der Waals surface area contributed by atoms with E-state index in [0.717, 1.165) is 17.2 Å². The molecule has 2 aromatic rings. The second kappa shape index (κ2) is 12.0. The lowest BCUT2D eigenvalue weighted by atomic mass is 9.70. The van der Waals surface area contributed by atoms with Crippen LogP contribution in [-0.2, 0) is 19.1 Å². The van der Waals surface area contributed by atoms with Crippen molar-refractivity contribution in [1.82, 2.24) is 9.80 Å². The highest BCUT2D eigenvalue weighted by Gasteiger charge is 2.75. The first-order valence-electron chi connectivity index (χ1n) is 15.2. The van der Waals surface area contributed by atoms with Gasteiger partial charge in [-0.1, -0.05) is 63.3 Å². The lowest BCUT2D eigenvalue weighted by Crippen LogP contribution is -2.59. The second-order valence-electron chi connectivity index (χ2n) is 12.1. The van der Waals surface area contributed by atoms with Crippen LogP contribution in [0, 0.1) is 17.8 Å². The Kier molecular flexibility index (Phi) is 8.58. The van der Waals surface area contributed by atoms with Crippen molar-refractivity contribution in [2.24, 2.45) is 17.8 Å². The quantitative estimate of drug-likeness (QED) is 0.385. The summed E-state index contributed by atoms with van der Waals surface area (Å²) in [6.45, 7) is 14.5. The summed E-state index contributed by atoms with van der Waals surface area (Å²) in [7, 11) is 0. The van der Waals surface area contributed by atoms with Crippen LogP contribution in [0.15, 0.2) is 67.8 Å². The van der Waals surface area contributed by atoms with Crippen LogP contribution in [0.1, 0.15) is 40.0 Å². The molecule has 3 heterocycles. The molecule has 0 saturated carbocycles. The van der Waals surface area contributed by atoms with E-state index in [4.69, 9.17) is 4.74 Å². The molecule has 42 heavy (non-hydrogen) atoms. The molecule has 3 aliphatic heterocycles. The fourth-order valence-corrected chi connectivity index (χ4v) is 7.50. The molecule has 3 fully saturated rings. The Labute approximate surface area is 248 Å². The van der Waals surface area contributed by atoms with Crippen LogP contribution in [0.2, 0.25) is 0 Å². The average molecular weight is 574 g/mol. The largest absolute Gasteiger partial charge is 0.394 e. The molecule has 2 unspecified atom stereocenters. The number of benzene rings is 2. The number of carbonyl (C=O) groups excluding carboxylic acids is 3. The molecule has 1 spiro atoms. The second-order valence-corrected chi connectivity index (χ2v) is 12.1. The van der Waals surface area contributed by atoms with Gasteiger partial charge in [-0.3, -0.25) is 14.4 Å². The van der Waals surface area contributed by atoms with Crippen molar-refractivity contribution in [3.05, 3.63) is 67.8 Å². The van der Waals surface area contributed by atoms with Gasteiger partial charge in [0.25, 0.3) is 5.91 Å². The van der Waals surface area contributed by atoms with Crippen LogP contribution in [0.5, 0.6) is 0 Å². The molecule has 3 saturated heterocycles. The third kappa shape index (κ3) is 4.74. The summed E-state index contributed by atoms with van der Waals surface area (Å²) >= 11 is 0. The highest BCUT2D eigenvalue weighted by molar-refractivity contribution is 6.06. The SMILES string of the molecule is C=CCN(CCC)C(=O)[C@@H]1[C@H]2C(=O)N([C@@H](CO)C(C)C)C(C(=O)N(CC=C)c3ccc4ccccc4c3)C23CC[C@H]1O3. The van der Waals surface area contributed by atoms with Gasteiger partial charge in [-0.25, -0.2) is 0 Å². The van der Waals surface area contributed by atoms with Gasteiger partial charge in [0.15, 0.2) is 0 Å². The fourth-order valence-electron chi connectivity index (χ4n) is 7.50. The van der Waals surface area contributed by atoms with Crippen molar-refractivity contribution in [3.63, 3.8) is 0 Å². The highest BCUT2D eigenvalue weighted by atomic mass is 16.5. The van der Waals surface area contributed by atoms with Crippen molar-refractivity contribution in [2.75, 3.05) is 31.1 Å². The monoisotopic (exact) mass is 573 g/mol. The first-order valence-corrected chi connectivity index (χ1v) is 15.2. The van der Waals surface area contributed by atoms with E-state index in [9.17, 15) is 19.5 Å². The molecule has 8 heteroatoms. The number of anilines is 1. The Balaban J connectivity index is 1.61. The lowest BCUT2D eigenvalue weighted by Gasteiger charge is -2.40. The standard InChI is InChI=1S/C34H43N3O5/c1-6-17-35(18-7-2)31(39)28-27-15-16-34(42-27)29(28)32(40)37(26(21-38)22(4)5)30(34)33(41)36(19-8-3)25-14-13-23-11-9-10-12-24(23)20-25/h6,8-14,20,22,26-30,38H,1,3,7,15-19,21H2,2,4-5H3/t26-,27+,28-,29-,30?,34?/m0/s1. The van der Waals surface area contributed by atoms with Crippen molar-refractivity contribution < 1.29 is 24.2 Å². The molecule has 0 radical (unpaired) electrons. The molecule has 0 aliphatic carbocycles. The Morgan fingerprint density at radius 2 is 1.83 bits per heavy atom. The summed E-state index contributed by atoms with van der Waals surface area (Å²) in [4.78, 5) is 48.3. The maximum Gasteiger partial charge on any atom is 0.253 e. The van der Waals surface area contributed by atoms with Crippen molar-refractivity contribution in [2.45, 2.75) is 63.8 Å². The number of hydrogen-bond acceptors (Lipinski definition) is 5. The number of aliphatic hydroxyl groups excluding tert-OH is 1. The van der Waals surface area contributed by atoms with Crippen molar-refractivity contribution in [3.8, 4) is 0 Å². The maximum absolute atomic E-state index is 14.8. The third-order valence-corrected chi connectivity index (χ3v) is 9.35. The number of carbonyl (C=O) groups is 3. The van der Waals surface area contributed by atoms with Gasteiger partial charge >= 0.3 is 0 Å². The summed E-state index contributed by atoms with van der Waals surface area (Å²) in [6.07, 6.45) is 4.80. The van der Waals surface area contributed by atoms with Crippen LogP contribution in [0.3, 0.4) is 0 Å². The van der Waals surface area contributed by atoms with Crippen LogP contribution in [-0.4, -0.2) is 82.7 Å². The summed E-state index contributed by atoms with van der Waals surface area (Å²) in [5, 5.41) is 12.6. The molecule has 8 nitrogen and oxygen atoms in total. The van der Waals surface area contributed by atoms with E-state index in [1.165, 1.54) is 0 Å². The zero-order valence-electron chi connectivity index (χ0n) is 24.9. The van der Waals surface area contributed by atoms with Gasteiger partial charge in [-0.15, -0.1) is 13.2 Å². The molecule has 2 aromatic carbocycles. The summed E-state index contributed by atoms with van der Waals surface area (Å²) < 4.78 is 6.68. The van der Waals surface area contributed by atoms with Crippen LogP contribution in [0.4, 0.5) is 5.69 Å².